The van der Waals surface area contributed by atoms with Gasteiger partial charge in [0, 0.05) is 29.8 Å². The minimum Gasteiger partial charge on any atom is -0.466 e. The van der Waals surface area contributed by atoms with E-state index in [9.17, 15) is 18.8 Å². The van der Waals surface area contributed by atoms with Crippen molar-refractivity contribution in [2.45, 2.75) is 32.2 Å². The smallest absolute Gasteiger partial charge is 0.407 e. The van der Waals surface area contributed by atoms with E-state index in [-0.39, 0.29) is 37.1 Å². The lowest BCUT2D eigenvalue weighted by molar-refractivity contribution is -0.143. The molecule has 0 fully saturated rings. The van der Waals surface area contributed by atoms with Gasteiger partial charge in [-0.1, -0.05) is 18.2 Å². The number of alkyl carbamates (subject to hydrolysis) is 1. The third-order valence-corrected chi connectivity index (χ3v) is 4.47. The number of carbonyl (C=O) groups excluding carboxylic acids is 3. The average molecular weight is 431 g/mol. The lowest BCUT2D eigenvalue weighted by Crippen LogP contribution is -2.45. The van der Waals surface area contributed by atoms with Crippen molar-refractivity contribution < 1.29 is 28.2 Å². The molecular formula is C22H26FN3O5. The molecule has 31 heavy (non-hydrogen) atoms. The molecule has 0 unspecified atom stereocenters. The van der Waals surface area contributed by atoms with Gasteiger partial charge < -0.3 is 25.8 Å². The Bertz CT molecular complexity index is 918. The number of methoxy groups -OCH3 is 1. The maximum Gasteiger partial charge on any atom is 0.407 e. The van der Waals surface area contributed by atoms with Crippen LogP contribution in [0.2, 0.25) is 0 Å². The number of hydrogen-bond acceptors (Lipinski definition) is 6. The van der Waals surface area contributed by atoms with Gasteiger partial charge in [0.25, 0.3) is 0 Å². The maximum atomic E-state index is 14.4. The zero-order valence-electron chi connectivity index (χ0n) is 17.4. The van der Waals surface area contributed by atoms with Gasteiger partial charge in [-0.15, -0.1) is 0 Å². The number of amides is 2. The highest BCUT2D eigenvalue weighted by molar-refractivity contribution is 5.97. The summed E-state index contributed by atoms with van der Waals surface area (Å²) in [6.45, 7) is 1.91. The number of hydrogen-bond donors (Lipinski definition) is 3. The zero-order valence-corrected chi connectivity index (χ0v) is 17.4. The number of nitrogen functional groups attached to an aromatic ring is 1. The summed E-state index contributed by atoms with van der Waals surface area (Å²) in [7, 11) is 1.19. The van der Waals surface area contributed by atoms with Crippen molar-refractivity contribution in [2.75, 3.05) is 24.8 Å². The minimum absolute atomic E-state index is 0.0348. The van der Waals surface area contributed by atoms with E-state index in [4.69, 9.17) is 10.5 Å². The quantitative estimate of drug-likeness (QED) is 0.415. The third-order valence-electron chi connectivity index (χ3n) is 4.47. The summed E-state index contributed by atoms with van der Waals surface area (Å²) in [5.41, 5.74) is 7.39. The molecule has 8 nitrogen and oxygen atoms in total. The minimum atomic E-state index is -0.989. The Labute approximate surface area is 179 Å². The highest BCUT2D eigenvalue weighted by Crippen LogP contribution is 2.22. The first-order valence-electron chi connectivity index (χ1n) is 9.76. The normalized spacial score (nSPS) is 11.3. The Balaban J connectivity index is 2.19. The Kier molecular flexibility index (Phi) is 8.80. The molecule has 2 aromatic carbocycles. The van der Waals surface area contributed by atoms with Crippen LogP contribution in [0.5, 0.6) is 0 Å². The van der Waals surface area contributed by atoms with Crippen LogP contribution in [-0.2, 0) is 31.9 Å². The lowest BCUT2D eigenvalue weighted by atomic mass is 10.0. The van der Waals surface area contributed by atoms with Crippen molar-refractivity contribution in [3.63, 3.8) is 0 Å². The number of carbonyl (C=O) groups is 3. The van der Waals surface area contributed by atoms with E-state index >= 15 is 0 Å². The average Bonchev–Trinajstić information content (AvgIpc) is 2.74. The summed E-state index contributed by atoms with van der Waals surface area (Å²) in [5.74, 6) is -1.58. The van der Waals surface area contributed by atoms with Crippen molar-refractivity contribution >= 4 is 29.3 Å². The number of rotatable bonds is 9. The molecule has 0 bridgehead atoms. The maximum absolute atomic E-state index is 14.4. The highest BCUT2D eigenvalue weighted by atomic mass is 19.1. The molecule has 0 aromatic heterocycles. The fourth-order valence-corrected chi connectivity index (χ4v) is 2.91. The van der Waals surface area contributed by atoms with Crippen LogP contribution in [0, 0.1) is 5.82 Å². The number of benzene rings is 2. The van der Waals surface area contributed by atoms with Crippen LogP contribution < -0.4 is 16.4 Å². The fraction of sp³-hybridized carbons (Fsp3) is 0.318. The third kappa shape index (κ3) is 7.29. The van der Waals surface area contributed by atoms with E-state index in [1.807, 2.05) is 0 Å². The van der Waals surface area contributed by atoms with E-state index in [1.165, 1.54) is 25.3 Å². The predicted octanol–water partition coefficient (Wildman–Crippen LogP) is 2.81. The summed E-state index contributed by atoms with van der Waals surface area (Å²) < 4.78 is 23.9. The molecule has 1 atom stereocenters. The number of esters is 1. The number of nitrogens with one attached hydrogen (secondary N) is 2. The van der Waals surface area contributed by atoms with Crippen LogP contribution in [-0.4, -0.2) is 37.7 Å². The zero-order chi connectivity index (χ0) is 22.8. The van der Waals surface area contributed by atoms with Gasteiger partial charge in [0.05, 0.1) is 13.7 Å². The van der Waals surface area contributed by atoms with Gasteiger partial charge in [0.2, 0.25) is 5.91 Å². The topological polar surface area (TPSA) is 120 Å². The fourth-order valence-electron chi connectivity index (χ4n) is 2.91. The van der Waals surface area contributed by atoms with Crippen molar-refractivity contribution in [1.29, 1.82) is 0 Å². The first-order valence-corrected chi connectivity index (χ1v) is 9.76. The molecule has 166 valence electrons. The molecule has 0 aliphatic heterocycles. The molecular weight excluding hydrogens is 405 g/mol. The second kappa shape index (κ2) is 11.5. The SMILES string of the molecule is CCOC(=O)CCc1c(F)cccc1NC(=O)[C@H](Cc1ccc(N)cc1)NC(=O)OC. The van der Waals surface area contributed by atoms with Gasteiger partial charge in [-0.05, 0) is 43.2 Å². The van der Waals surface area contributed by atoms with Gasteiger partial charge in [-0.2, -0.15) is 0 Å². The van der Waals surface area contributed by atoms with E-state index < -0.39 is 29.8 Å². The van der Waals surface area contributed by atoms with Crippen molar-refractivity contribution in [1.82, 2.24) is 5.32 Å². The second-order valence-electron chi connectivity index (χ2n) is 6.69. The Morgan fingerprint density at radius 3 is 2.48 bits per heavy atom. The molecule has 0 aliphatic carbocycles. The lowest BCUT2D eigenvalue weighted by Gasteiger charge is -2.19. The Hall–Kier alpha value is -3.62. The number of anilines is 2. The molecule has 0 saturated heterocycles. The van der Waals surface area contributed by atoms with Crippen LogP contribution in [0.25, 0.3) is 0 Å². The van der Waals surface area contributed by atoms with E-state index in [1.54, 1.807) is 31.2 Å². The van der Waals surface area contributed by atoms with E-state index in [0.29, 0.717) is 5.69 Å². The van der Waals surface area contributed by atoms with Gasteiger partial charge in [-0.3, -0.25) is 9.59 Å². The van der Waals surface area contributed by atoms with Gasteiger partial charge in [-0.25, -0.2) is 9.18 Å². The molecule has 0 spiro atoms. The molecule has 0 aliphatic rings. The van der Waals surface area contributed by atoms with Crippen LogP contribution in [0.15, 0.2) is 42.5 Å². The van der Waals surface area contributed by atoms with E-state index in [2.05, 4.69) is 15.4 Å². The van der Waals surface area contributed by atoms with Crippen LogP contribution in [0.1, 0.15) is 24.5 Å². The molecule has 0 heterocycles. The van der Waals surface area contributed by atoms with Crippen LogP contribution in [0.4, 0.5) is 20.6 Å². The predicted molar refractivity (Wildman–Crippen MR) is 114 cm³/mol. The van der Waals surface area contributed by atoms with Crippen LogP contribution >= 0.6 is 0 Å². The van der Waals surface area contributed by atoms with Crippen molar-refractivity contribution in [3.8, 4) is 0 Å². The highest BCUT2D eigenvalue weighted by Gasteiger charge is 2.23. The van der Waals surface area contributed by atoms with Gasteiger partial charge >= 0.3 is 12.1 Å². The number of halogens is 1. The van der Waals surface area contributed by atoms with Crippen LogP contribution in [0.3, 0.4) is 0 Å². The molecule has 4 N–H and O–H groups in total. The Morgan fingerprint density at radius 2 is 1.84 bits per heavy atom. The van der Waals surface area contributed by atoms with Crippen molar-refractivity contribution in [2.24, 2.45) is 0 Å². The second-order valence-corrected chi connectivity index (χ2v) is 6.69. The van der Waals surface area contributed by atoms with E-state index in [0.717, 1.165) is 5.56 Å². The van der Waals surface area contributed by atoms with Crippen molar-refractivity contribution in [3.05, 3.63) is 59.4 Å². The summed E-state index contributed by atoms with van der Waals surface area (Å²) in [6.07, 6.45) is -0.604. The molecule has 2 amide bonds. The summed E-state index contributed by atoms with van der Waals surface area (Å²) in [5, 5.41) is 5.12. The number of nitrogens with two attached hydrogens (primary N) is 1. The molecule has 2 aromatic rings. The molecule has 0 saturated carbocycles. The Morgan fingerprint density at radius 1 is 1.13 bits per heavy atom. The monoisotopic (exact) mass is 431 g/mol. The molecule has 0 radical (unpaired) electrons. The molecule has 9 heteroatoms. The summed E-state index contributed by atoms with van der Waals surface area (Å²) in [6, 6.07) is 10.1. The first-order chi connectivity index (χ1) is 14.8. The summed E-state index contributed by atoms with van der Waals surface area (Å²) in [4.78, 5) is 36.3. The largest absolute Gasteiger partial charge is 0.466 e. The number of ether oxygens (including phenoxy) is 2. The molecule has 2 rings (SSSR count). The standard InChI is InChI=1S/C22H26FN3O5/c1-3-31-20(27)12-11-16-17(23)5-4-6-18(16)25-21(28)19(26-22(29)30-2)13-14-7-9-15(24)10-8-14/h4-10,19H,3,11-13,24H2,1-2H3,(H,25,28)(H,26,29)/t19-/m0/s1. The summed E-state index contributed by atoms with van der Waals surface area (Å²) >= 11 is 0. The van der Waals surface area contributed by atoms with Gasteiger partial charge in [0.15, 0.2) is 0 Å². The van der Waals surface area contributed by atoms with Gasteiger partial charge in [0.1, 0.15) is 11.9 Å². The first kappa shape index (κ1) is 23.7.